The van der Waals surface area contributed by atoms with Crippen LogP contribution in [-0.4, -0.2) is 37.1 Å². The zero-order valence-electron chi connectivity index (χ0n) is 13.6. The van der Waals surface area contributed by atoms with E-state index in [1.165, 1.54) is 34.2 Å². The summed E-state index contributed by atoms with van der Waals surface area (Å²) in [6.45, 7) is 1.31. The lowest BCUT2D eigenvalue weighted by Crippen LogP contribution is -2.25. The van der Waals surface area contributed by atoms with E-state index in [1.54, 1.807) is 11.9 Å². The highest BCUT2D eigenvalue weighted by Gasteiger charge is 2.28. The number of nitrogens with zero attached hydrogens (tertiary/aromatic N) is 5. The van der Waals surface area contributed by atoms with E-state index >= 15 is 0 Å². The van der Waals surface area contributed by atoms with Crippen LogP contribution >= 0.6 is 11.3 Å². The summed E-state index contributed by atoms with van der Waals surface area (Å²) in [4.78, 5) is 23.0. The molecule has 0 atom stereocenters. The molecule has 0 fully saturated rings. The van der Waals surface area contributed by atoms with Gasteiger partial charge in [-0.2, -0.15) is 13.2 Å². The Bertz CT molecular complexity index is 943. The first kappa shape index (κ1) is 17.6. The lowest BCUT2D eigenvalue weighted by molar-refractivity contribution is -0.141. The molecule has 0 saturated carbocycles. The molecule has 0 aliphatic rings. The Morgan fingerprint density at radius 2 is 2.08 bits per heavy atom. The number of alkyl halides is 3. The molecule has 0 amide bonds. The Morgan fingerprint density at radius 3 is 2.80 bits per heavy atom. The van der Waals surface area contributed by atoms with Crippen molar-refractivity contribution in [1.29, 1.82) is 0 Å². The summed E-state index contributed by atoms with van der Waals surface area (Å²) in [7, 11) is 1.75. The van der Waals surface area contributed by atoms with Crippen molar-refractivity contribution < 1.29 is 13.2 Å². The summed E-state index contributed by atoms with van der Waals surface area (Å²) >= 11 is 1.38. The number of fused-ring (bicyclic) bond motifs is 1. The lowest BCUT2D eigenvalue weighted by Gasteiger charge is -2.17. The van der Waals surface area contributed by atoms with Crippen LogP contribution in [-0.2, 0) is 19.6 Å². The summed E-state index contributed by atoms with van der Waals surface area (Å²) in [5.74, 6) is 0.310. The van der Waals surface area contributed by atoms with Crippen molar-refractivity contribution in [2.75, 3.05) is 7.05 Å². The number of hydrogen-bond donors (Lipinski definition) is 0. The number of rotatable bonds is 5. The average Bonchev–Trinajstić information content (AvgIpc) is 3.05. The van der Waals surface area contributed by atoms with E-state index in [4.69, 9.17) is 0 Å². The van der Waals surface area contributed by atoms with Crippen LogP contribution in [0.3, 0.4) is 0 Å². The molecule has 0 spiro atoms. The van der Waals surface area contributed by atoms with E-state index < -0.39 is 12.7 Å². The van der Waals surface area contributed by atoms with Crippen LogP contribution in [0.25, 0.3) is 4.96 Å². The van der Waals surface area contributed by atoms with Crippen molar-refractivity contribution in [2.24, 2.45) is 0 Å². The van der Waals surface area contributed by atoms with Gasteiger partial charge in [0.05, 0.1) is 12.2 Å². The Balaban J connectivity index is 1.74. The van der Waals surface area contributed by atoms with Crippen LogP contribution in [0, 0.1) is 6.92 Å². The molecule has 6 nitrogen and oxygen atoms in total. The van der Waals surface area contributed by atoms with Gasteiger partial charge in [-0.3, -0.25) is 14.1 Å². The van der Waals surface area contributed by atoms with Gasteiger partial charge in [-0.25, -0.2) is 9.97 Å². The van der Waals surface area contributed by atoms with Crippen LogP contribution in [0.4, 0.5) is 13.2 Å². The van der Waals surface area contributed by atoms with Crippen LogP contribution < -0.4 is 5.56 Å². The Morgan fingerprint density at radius 1 is 1.32 bits per heavy atom. The molecule has 0 radical (unpaired) electrons. The monoisotopic (exact) mass is 371 g/mol. The third-order valence-corrected chi connectivity index (χ3v) is 4.57. The average molecular weight is 371 g/mol. The first-order valence-corrected chi connectivity index (χ1v) is 8.33. The molecule has 0 bridgehead atoms. The molecule has 3 aromatic rings. The van der Waals surface area contributed by atoms with E-state index in [2.05, 4.69) is 9.97 Å². The third kappa shape index (κ3) is 4.07. The normalized spacial score (nSPS) is 12.4. The Hall–Kier alpha value is -2.20. The molecule has 0 saturated heterocycles. The van der Waals surface area contributed by atoms with Crippen LogP contribution in [0.1, 0.15) is 17.2 Å². The number of aryl methyl sites for hydroxylation is 1. The zero-order chi connectivity index (χ0) is 18.2. The number of halogens is 3. The smallest absolute Gasteiger partial charge is 0.325 e. The molecular formula is C15H16F3N5OS. The fourth-order valence-electron chi connectivity index (χ4n) is 2.58. The second-order valence-corrected chi connectivity index (χ2v) is 6.68. The van der Waals surface area contributed by atoms with Gasteiger partial charge in [-0.05, 0) is 14.0 Å². The van der Waals surface area contributed by atoms with Crippen molar-refractivity contribution in [3.63, 3.8) is 0 Å². The highest BCUT2D eigenvalue weighted by atomic mass is 32.1. The van der Waals surface area contributed by atoms with Gasteiger partial charge in [0, 0.05) is 36.1 Å². The predicted molar refractivity (Wildman–Crippen MR) is 87.5 cm³/mol. The summed E-state index contributed by atoms with van der Waals surface area (Å²) in [5.41, 5.74) is 1.24. The van der Waals surface area contributed by atoms with Gasteiger partial charge in [-0.1, -0.05) is 0 Å². The molecule has 25 heavy (non-hydrogen) atoms. The maximum Gasteiger partial charge on any atom is 0.406 e. The maximum atomic E-state index is 12.6. The number of aromatic nitrogens is 4. The second kappa shape index (κ2) is 6.60. The van der Waals surface area contributed by atoms with Crippen LogP contribution in [0.15, 0.2) is 28.6 Å². The van der Waals surface area contributed by atoms with E-state index in [1.807, 2.05) is 12.3 Å². The summed E-state index contributed by atoms with van der Waals surface area (Å²) in [6, 6.07) is 1.45. The molecule has 0 aliphatic heterocycles. The Labute approximate surface area is 145 Å². The van der Waals surface area contributed by atoms with Gasteiger partial charge >= 0.3 is 6.18 Å². The standard InChI is InChI=1S/C15H16F3N5OS/c1-10-8-25-14-20-11(5-13(24)23(10)14)6-21(2)7-12-19-3-4-22(12)9-15(16,17)18/h3-5,8H,6-7,9H2,1-2H3. The highest BCUT2D eigenvalue weighted by Crippen LogP contribution is 2.19. The van der Waals surface area contributed by atoms with Gasteiger partial charge in [0.25, 0.3) is 5.56 Å². The predicted octanol–water partition coefficient (Wildman–Crippen LogP) is 2.46. The summed E-state index contributed by atoms with van der Waals surface area (Å²) in [6.07, 6.45) is -1.64. The van der Waals surface area contributed by atoms with Crippen LogP contribution in [0.2, 0.25) is 0 Å². The van der Waals surface area contributed by atoms with E-state index in [0.29, 0.717) is 23.0 Å². The van der Waals surface area contributed by atoms with Gasteiger partial charge in [0.2, 0.25) is 0 Å². The van der Waals surface area contributed by atoms with Gasteiger partial charge < -0.3 is 4.57 Å². The number of thiazole rings is 1. The lowest BCUT2D eigenvalue weighted by atomic mass is 10.3. The fraction of sp³-hybridized carbons (Fsp3) is 0.400. The van der Waals surface area contributed by atoms with E-state index in [9.17, 15) is 18.0 Å². The number of imidazole rings is 1. The molecule has 134 valence electrons. The van der Waals surface area contributed by atoms with Gasteiger partial charge in [0.1, 0.15) is 12.4 Å². The minimum Gasteiger partial charge on any atom is -0.325 e. The molecule has 3 heterocycles. The zero-order valence-corrected chi connectivity index (χ0v) is 14.4. The quantitative estimate of drug-likeness (QED) is 0.691. The molecular weight excluding hydrogens is 355 g/mol. The van der Waals surface area contributed by atoms with Crippen molar-refractivity contribution in [3.8, 4) is 0 Å². The SMILES string of the molecule is Cc1csc2nc(CN(C)Cc3nccn3CC(F)(F)F)cc(=O)n12. The van der Waals surface area contributed by atoms with Crippen molar-refractivity contribution in [2.45, 2.75) is 32.7 Å². The topological polar surface area (TPSA) is 55.4 Å². The van der Waals surface area contributed by atoms with Gasteiger partial charge in [0.15, 0.2) is 4.96 Å². The minimum absolute atomic E-state index is 0.161. The minimum atomic E-state index is -4.30. The maximum absolute atomic E-state index is 12.6. The van der Waals surface area contributed by atoms with Crippen molar-refractivity contribution >= 4 is 16.3 Å². The second-order valence-electron chi connectivity index (χ2n) is 5.84. The van der Waals surface area contributed by atoms with E-state index in [-0.39, 0.29) is 12.1 Å². The van der Waals surface area contributed by atoms with Crippen molar-refractivity contribution in [1.82, 2.24) is 23.8 Å². The van der Waals surface area contributed by atoms with Crippen LogP contribution in [0.5, 0.6) is 0 Å². The summed E-state index contributed by atoms with van der Waals surface area (Å²) < 4.78 is 40.3. The highest BCUT2D eigenvalue weighted by molar-refractivity contribution is 7.15. The number of hydrogen-bond acceptors (Lipinski definition) is 5. The largest absolute Gasteiger partial charge is 0.406 e. The van der Waals surface area contributed by atoms with Gasteiger partial charge in [-0.15, -0.1) is 11.3 Å². The third-order valence-electron chi connectivity index (χ3n) is 3.62. The molecule has 0 aliphatic carbocycles. The first-order chi connectivity index (χ1) is 11.7. The molecule has 10 heteroatoms. The molecule has 0 N–H and O–H groups in total. The Kier molecular flexibility index (Phi) is 4.65. The fourth-order valence-corrected chi connectivity index (χ4v) is 3.48. The first-order valence-electron chi connectivity index (χ1n) is 7.45. The molecule has 0 aromatic carbocycles. The van der Waals surface area contributed by atoms with E-state index in [0.717, 1.165) is 10.3 Å². The molecule has 3 rings (SSSR count). The molecule has 0 unspecified atom stereocenters. The van der Waals surface area contributed by atoms with Crippen molar-refractivity contribution in [3.05, 3.63) is 51.4 Å². The molecule has 3 aromatic heterocycles. The summed E-state index contributed by atoms with van der Waals surface area (Å²) in [5, 5.41) is 1.85.